The maximum Gasteiger partial charge on any atom is 0.348 e. The number of hydrogen-bond donors (Lipinski definition) is 1. The van der Waals surface area contributed by atoms with Crippen LogP contribution in [0.25, 0.3) is 0 Å². The standard InChI is InChI=1S/C15H13NO5/c1-9-7-13(17)12(15(19)21-9)8-16-11-5-3-10(4-6-11)14(18)20-2/h3-8,16H,1-2H3. The first kappa shape index (κ1) is 14.5. The highest BCUT2D eigenvalue weighted by molar-refractivity contribution is 6.23. The van der Waals surface area contributed by atoms with E-state index in [-0.39, 0.29) is 11.3 Å². The number of methoxy groups -OCH3 is 1. The molecule has 0 spiro atoms. The van der Waals surface area contributed by atoms with Crippen LogP contribution in [-0.4, -0.2) is 24.8 Å². The highest BCUT2D eigenvalue weighted by atomic mass is 16.5. The summed E-state index contributed by atoms with van der Waals surface area (Å²) < 4.78 is 9.44. The minimum absolute atomic E-state index is 0.0855. The van der Waals surface area contributed by atoms with E-state index in [1.807, 2.05) is 0 Å². The summed E-state index contributed by atoms with van der Waals surface area (Å²) in [6, 6.07) is 6.39. The van der Waals surface area contributed by atoms with E-state index in [9.17, 15) is 14.4 Å². The number of cyclic esters (lactones) is 1. The van der Waals surface area contributed by atoms with Gasteiger partial charge in [0.05, 0.1) is 12.7 Å². The van der Waals surface area contributed by atoms with Crippen molar-refractivity contribution in [1.29, 1.82) is 0 Å². The second-order valence-corrected chi connectivity index (χ2v) is 4.28. The van der Waals surface area contributed by atoms with E-state index in [0.717, 1.165) is 0 Å². The lowest BCUT2D eigenvalue weighted by Gasteiger charge is -2.11. The maximum atomic E-state index is 11.7. The van der Waals surface area contributed by atoms with Gasteiger partial charge in [0.15, 0.2) is 5.78 Å². The van der Waals surface area contributed by atoms with E-state index in [2.05, 4.69) is 10.1 Å². The number of carbonyl (C=O) groups excluding carboxylic acids is 3. The van der Waals surface area contributed by atoms with Crippen molar-refractivity contribution in [2.45, 2.75) is 6.92 Å². The third-order valence-electron chi connectivity index (χ3n) is 2.76. The van der Waals surface area contributed by atoms with Gasteiger partial charge in [-0.2, -0.15) is 0 Å². The molecular weight excluding hydrogens is 274 g/mol. The van der Waals surface area contributed by atoms with Crippen molar-refractivity contribution in [2.24, 2.45) is 0 Å². The fourth-order valence-electron chi connectivity index (χ4n) is 1.70. The van der Waals surface area contributed by atoms with Gasteiger partial charge >= 0.3 is 11.9 Å². The molecule has 21 heavy (non-hydrogen) atoms. The summed E-state index contributed by atoms with van der Waals surface area (Å²) >= 11 is 0. The summed E-state index contributed by atoms with van der Waals surface area (Å²) in [4.78, 5) is 34.5. The molecule has 0 radical (unpaired) electrons. The number of hydrogen-bond acceptors (Lipinski definition) is 6. The Labute approximate surface area is 121 Å². The summed E-state index contributed by atoms with van der Waals surface area (Å²) in [5.41, 5.74) is 0.932. The molecule has 0 amide bonds. The van der Waals surface area contributed by atoms with E-state index in [0.29, 0.717) is 11.3 Å². The highest BCUT2D eigenvalue weighted by Gasteiger charge is 2.23. The average molecular weight is 287 g/mol. The van der Waals surface area contributed by atoms with Crippen molar-refractivity contribution in [2.75, 3.05) is 12.4 Å². The molecule has 0 fully saturated rings. The minimum atomic E-state index is -0.696. The van der Waals surface area contributed by atoms with E-state index in [4.69, 9.17) is 4.74 Å². The molecule has 0 atom stereocenters. The number of esters is 2. The Balaban J connectivity index is 2.12. The van der Waals surface area contributed by atoms with Gasteiger partial charge in [0, 0.05) is 18.0 Å². The molecule has 0 aromatic heterocycles. The summed E-state index contributed by atoms with van der Waals surface area (Å²) in [5, 5.41) is 2.81. The van der Waals surface area contributed by atoms with E-state index in [1.54, 1.807) is 24.3 Å². The monoisotopic (exact) mass is 287 g/mol. The Kier molecular flexibility index (Phi) is 4.18. The molecule has 1 heterocycles. The molecule has 0 aliphatic carbocycles. The third kappa shape index (κ3) is 3.36. The zero-order valence-electron chi connectivity index (χ0n) is 11.5. The van der Waals surface area contributed by atoms with E-state index in [1.165, 1.54) is 26.3 Å². The van der Waals surface area contributed by atoms with Crippen LogP contribution < -0.4 is 5.32 Å². The fourth-order valence-corrected chi connectivity index (χ4v) is 1.70. The van der Waals surface area contributed by atoms with Crippen LogP contribution >= 0.6 is 0 Å². The van der Waals surface area contributed by atoms with Gasteiger partial charge in [-0.1, -0.05) is 0 Å². The number of rotatable bonds is 3. The van der Waals surface area contributed by atoms with Crippen LogP contribution in [0.3, 0.4) is 0 Å². The topological polar surface area (TPSA) is 81.7 Å². The predicted octanol–water partition coefficient (Wildman–Crippen LogP) is 1.80. The van der Waals surface area contributed by atoms with Gasteiger partial charge in [0.1, 0.15) is 11.3 Å². The SMILES string of the molecule is COC(=O)c1ccc(NC=C2C(=O)C=C(C)OC2=O)cc1. The lowest BCUT2D eigenvalue weighted by molar-refractivity contribution is -0.137. The summed E-state index contributed by atoms with van der Waals surface area (Å²) in [7, 11) is 1.30. The Morgan fingerprint density at radius 1 is 1.24 bits per heavy atom. The van der Waals surface area contributed by atoms with Crippen LogP contribution in [0.4, 0.5) is 5.69 Å². The Morgan fingerprint density at radius 3 is 2.48 bits per heavy atom. The van der Waals surface area contributed by atoms with Crippen molar-refractivity contribution in [3.63, 3.8) is 0 Å². The van der Waals surface area contributed by atoms with E-state index >= 15 is 0 Å². The van der Waals surface area contributed by atoms with Gasteiger partial charge in [-0.25, -0.2) is 9.59 Å². The molecule has 0 saturated carbocycles. The number of nitrogens with one attached hydrogen (secondary N) is 1. The minimum Gasteiger partial charge on any atom is -0.465 e. The van der Waals surface area contributed by atoms with Crippen molar-refractivity contribution in [3.05, 3.63) is 53.4 Å². The first-order valence-corrected chi connectivity index (χ1v) is 6.11. The smallest absolute Gasteiger partial charge is 0.348 e. The van der Waals surface area contributed by atoms with Crippen molar-refractivity contribution in [1.82, 2.24) is 0 Å². The average Bonchev–Trinajstić information content (AvgIpc) is 2.46. The molecule has 6 heteroatoms. The number of ketones is 1. The summed E-state index contributed by atoms with van der Waals surface area (Å²) in [6.45, 7) is 1.53. The predicted molar refractivity (Wildman–Crippen MR) is 74.3 cm³/mol. The van der Waals surface area contributed by atoms with E-state index < -0.39 is 17.7 Å². The second kappa shape index (κ2) is 6.04. The molecule has 108 valence electrons. The molecular formula is C15H13NO5. The Morgan fingerprint density at radius 2 is 1.90 bits per heavy atom. The zero-order valence-corrected chi connectivity index (χ0v) is 11.5. The van der Waals surface area contributed by atoms with Crippen LogP contribution in [0.15, 0.2) is 47.9 Å². The Bertz CT molecular complexity index is 655. The molecule has 1 N–H and O–H groups in total. The second-order valence-electron chi connectivity index (χ2n) is 4.28. The van der Waals surface area contributed by atoms with Gasteiger partial charge in [-0.3, -0.25) is 4.79 Å². The normalized spacial score (nSPS) is 16.3. The molecule has 1 aromatic rings. The summed E-state index contributed by atoms with van der Waals surface area (Å²) in [5.74, 6) is -1.28. The number of allylic oxidation sites excluding steroid dienone is 2. The largest absolute Gasteiger partial charge is 0.465 e. The first-order valence-electron chi connectivity index (χ1n) is 6.11. The van der Waals surface area contributed by atoms with Crippen LogP contribution in [0, 0.1) is 0 Å². The molecule has 1 aliphatic heterocycles. The van der Waals surface area contributed by atoms with Crippen LogP contribution in [0.2, 0.25) is 0 Å². The lowest BCUT2D eigenvalue weighted by Crippen LogP contribution is -2.20. The molecule has 0 saturated heterocycles. The number of ether oxygens (including phenoxy) is 2. The number of anilines is 1. The van der Waals surface area contributed by atoms with Gasteiger partial charge in [0.2, 0.25) is 0 Å². The fraction of sp³-hybridized carbons (Fsp3) is 0.133. The summed E-state index contributed by atoms with van der Waals surface area (Å²) in [6.07, 6.45) is 2.52. The van der Waals surface area contributed by atoms with Gasteiger partial charge < -0.3 is 14.8 Å². The van der Waals surface area contributed by atoms with Crippen LogP contribution in [-0.2, 0) is 19.1 Å². The third-order valence-corrected chi connectivity index (χ3v) is 2.76. The highest BCUT2D eigenvalue weighted by Crippen LogP contribution is 2.15. The van der Waals surface area contributed by atoms with Crippen LogP contribution in [0.1, 0.15) is 17.3 Å². The van der Waals surface area contributed by atoms with Gasteiger partial charge in [-0.05, 0) is 31.2 Å². The number of carbonyl (C=O) groups is 3. The van der Waals surface area contributed by atoms with Gasteiger partial charge in [-0.15, -0.1) is 0 Å². The first-order chi connectivity index (χ1) is 10.0. The molecule has 1 aromatic carbocycles. The molecule has 6 nitrogen and oxygen atoms in total. The molecule has 1 aliphatic rings. The van der Waals surface area contributed by atoms with Gasteiger partial charge in [0.25, 0.3) is 0 Å². The quantitative estimate of drug-likeness (QED) is 0.518. The lowest BCUT2D eigenvalue weighted by atomic mass is 10.1. The molecule has 0 unspecified atom stereocenters. The molecule has 0 bridgehead atoms. The van der Waals surface area contributed by atoms with Crippen LogP contribution in [0.5, 0.6) is 0 Å². The van der Waals surface area contributed by atoms with Crippen molar-refractivity contribution < 1.29 is 23.9 Å². The van der Waals surface area contributed by atoms with Crippen molar-refractivity contribution >= 4 is 23.4 Å². The molecule has 2 rings (SSSR count). The Hall–Kier alpha value is -2.89. The maximum absolute atomic E-state index is 11.7. The number of benzene rings is 1. The van der Waals surface area contributed by atoms with Crippen molar-refractivity contribution in [3.8, 4) is 0 Å². The zero-order chi connectivity index (χ0) is 15.4.